The van der Waals surface area contributed by atoms with Crippen LogP contribution < -0.4 is 9.47 Å². The fourth-order valence-electron chi connectivity index (χ4n) is 8.16. The zero-order valence-corrected chi connectivity index (χ0v) is 33.5. The van der Waals surface area contributed by atoms with E-state index in [1.807, 2.05) is 33.8 Å². The second-order valence-corrected chi connectivity index (χ2v) is 18.3. The Labute approximate surface area is 334 Å². The van der Waals surface area contributed by atoms with E-state index >= 15 is 0 Å². The summed E-state index contributed by atoms with van der Waals surface area (Å²) in [6.07, 6.45) is 6.07. The number of nitriles is 2. The molecular weight excluding hydrogens is 741 g/mol. The Bertz CT molecular complexity index is 2240. The van der Waals surface area contributed by atoms with Crippen LogP contribution in [-0.2, 0) is 19.4 Å². The Morgan fingerprint density at radius 1 is 0.702 bits per heavy atom. The first-order chi connectivity index (χ1) is 27.1. The number of ether oxygens (including phenoxy) is 2. The van der Waals surface area contributed by atoms with Gasteiger partial charge < -0.3 is 19.3 Å². The molecule has 0 radical (unpaired) electrons. The number of hydrogen-bond acceptors (Lipinski definition) is 10. The van der Waals surface area contributed by atoms with Crippen molar-refractivity contribution in [1.29, 1.82) is 10.5 Å². The normalized spacial score (nSPS) is 20.8. The Balaban J connectivity index is 1.18. The molecule has 2 aliphatic carbocycles. The fourth-order valence-corrected chi connectivity index (χ4v) is 9.42. The van der Waals surface area contributed by atoms with Gasteiger partial charge in [-0.2, -0.15) is 10.5 Å². The predicted molar refractivity (Wildman–Crippen MR) is 210 cm³/mol. The van der Waals surface area contributed by atoms with E-state index in [0.717, 1.165) is 63.3 Å². The van der Waals surface area contributed by atoms with Gasteiger partial charge >= 0.3 is 11.9 Å². The molecule has 0 aromatic heterocycles. The number of likely N-dealkylation sites (tertiary alicyclic amines) is 2. The third kappa shape index (κ3) is 8.50. The Kier molecular flexibility index (Phi) is 11.5. The van der Waals surface area contributed by atoms with Crippen LogP contribution in [0, 0.1) is 46.6 Å². The highest BCUT2D eigenvalue weighted by Gasteiger charge is 2.38. The number of rotatable bonds is 8. The summed E-state index contributed by atoms with van der Waals surface area (Å²) in [5.74, 6) is -1.81. The van der Waals surface area contributed by atoms with Crippen molar-refractivity contribution in [3.05, 3.63) is 116 Å². The number of carbonyl (C=O) groups excluding carboxylic acids is 2. The molecule has 292 valence electrons. The molecule has 0 bridgehead atoms. The van der Waals surface area contributed by atoms with Gasteiger partial charge in [0.15, 0.2) is 5.70 Å². The average Bonchev–Trinajstić information content (AvgIpc) is 3.91. The zero-order chi connectivity index (χ0) is 41.1. The Morgan fingerprint density at radius 2 is 1.16 bits per heavy atom. The summed E-state index contributed by atoms with van der Waals surface area (Å²) in [6.45, 7) is 27.2. The highest BCUT2D eigenvalue weighted by atomic mass is 32.2. The number of allylic oxidation sites excluding steroid dienone is 5. The SMILES string of the molecule is [C-]#[N+]C1=C(N2CCCC2)CC(C)(C)C/C1=C(/[N+]#[C-])C(=O)Oc1ccc(S(=O)(=O)c2ccc(OC(=O)/C(C#N)=C3\CC(C)(C)CC(N4CCCC4)=C3C#N)cc2)cc1. The van der Waals surface area contributed by atoms with Crippen LogP contribution in [0.4, 0.5) is 0 Å². The summed E-state index contributed by atoms with van der Waals surface area (Å²) in [5.41, 5.74) is 1.98. The maximum Gasteiger partial charge on any atom is 0.354 e. The van der Waals surface area contributed by atoms with Crippen LogP contribution in [0.1, 0.15) is 79.1 Å². The van der Waals surface area contributed by atoms with Gasteiger partial charge in [-0.15, -0.1) is 0 Å². The minimum Gasteiger partial charge on any atom is -0.431 e. The number of nitrogens with zero attached hydrogens (tertiary/aromatic N) is 6. The lowest BCUT2D eigenvalue weighted by molar-refractivity contribution is -0.130. The number of sulfone groups is 1. The first kappa shape index (κ1) is 40.5. The van der Waals surface area contributed by atoms with E-state index in [9.17, 15) is 28.5 Å². The first-order valence-electron chi connectivity index (χ1n) is 19.0. The number of hydrogen-bond donors (Lipinski definition) is 0. The topological polar surface area (TPSA) is 150 Å². The molecule has 2 fully saturated rings. The standard InChI is InChI=1S/C44H44N6O6S/c1-43(2)23-33(35(27-45)37(25-43)49-19-7-8-20-49)36(28-46)41(51)55-29-11-15-31(16-12-29)57(53,54)32-17-13-30(14-18-32)56-42(52)40(48-6)34-24-44(3,4)26-38(39(34)47-5)50-21-9-10-22-50/h11-18H,7-10,19-26H2,1-4H3/b36-33+,40-34-. The highest BCUT2D eigenvalue weighted by Crippen LogP contribution is 2.47. The van der Waals surface area contributed by atoms with Gasteiger partial charge in [0.1, 0.15) is 29.2 Å². The van der Waals surface area contributed by atoms with Crippen molar-refractivity contribution < 1.29 is 27.5 Å². The van der Waals surface area contributed by atoms with Crippen LogP contribution in [0.2, 0.25) is 0 Å². The lowest BCUT2D eigenvalue weighted by atomic mass is 9.72. The minimum absolute atomic E-state index is 0.0155. The lowest BCUT2D eigenvalue weighted by Crippen LogP contribution is -2.30. The molecule has 2 aromatic carbocycles. The number of benzene rings is 2. The van der Waals surface area contributed by atoms with Crippen molar-refractivity contribution in [3.63, 3.8) is 0 Å². The van der Waals surface area contributed by atoms with E-state index in [-0.39, 0.29) is 43.4 Å². The second kappa shape index (κ2) is 16.1. The molecule has 6 rings (SSSR count). The third-order valence-corrected chi connectivity index (χ3v) is 12.6. The van der Waals surface area contributed by atoms with E-state index in [1.54, 1.807) is 0 Å². The molecule has 12 nitrogen and oxygen atoms in total. The first-order valence-corrected chi connectivity index (χ1v) is 20.5. The van der Waals surface area contributed by atoms with Gasteiger partial charge in [-0.25, -0.2) is 22.9 Å². The Morgan fingerprint density at radius 3 is 1.61 bits per heavy atom. The summed E-state index contributed by atoms with van der Waals surface area (Å²) in [5, 5.41) is 20.3. The van der Waals surface area contributed by atoms with Gasteiger partial charge in [-0.3, -0.25) is 4.79 Å². The average molecular weight is 785 g/mol. The Hall–Kier alpha value is -6.15. The van der Waals surface area contributed by atoms with E-state index in [1.165, 1.54) is 48.5 Å². The molecule has 2 heterocycles. The highest BCUT2D eigenvalue weighted by molar-refractivity contribution is 7.91. The number of esters is 2. The molecular formula is C44H44N6O6S. The molecule has 0 spiro atoms. The molecule has 0 amide bonds. The van der Waals surface area contributed by atoms with E-state index in [2.05, 4.69) is 25.6 Å². The fraction of sp³-hybridized carbons (Fsp3) is 0.409. The van der Waals surface area contributed by atoms with Gasteiger partial charge in [-0.05, 0) is 122 Å². The van der Waals surface area contributed by atoms with Crippen LogP contribution in [0.25, 0.3) is 9.69 Å². The summed E-state index contributed by atoms with van der Waals surface area (Å²) >= 11 is 0. The monoisotopic (exact) mass is 784 g/mol. The molecule has 0 saturated carbocycles. The minimum atomic E-state index is -4.07. The number of carbonyl (C=O) groups is 2. The van der Waals surface area contributed by atoms with Crippen LogP contribution in [0.5, 0.6) is 11.5 Å². The predicted octanol–water partition coefficient (Wildman–Crippen LogP) is 8.06. The molecule has 0 atom stereocenters. The molecule has 13 heteroatoms. The van der Waals surface area contributed by atoms with Crippen LogP contribution in [0.3, 0.4) is 0 Å². The molecule has 2 aromatic rings. The van der Waals surface area contributed by atoms with Gasteiger partial charge in [-0.1, -0.05) is 27.7 Å². The van der Waals surface area contributed by atoms with Gasteiger partial charge in [0.25, 0.3) is 5.70 Å². The smallest absolute Gasteiger partial charge is 0.354 e. The summed E-state index contributed by atoms with van der Waals surface area (Å²) in [4.78, 5) is 38.2. The van der Waals surface area contributed by atoms with Crippen LogP contribution in [0.15, 0.2) is 103 Å². The van der Waals surface area contributed by atoms with Crippen LogP contribution >= 0.6 is 0 Å². The zero-order valence-electron chi connectivity index (χ0n) is 32.6. The maximum atomic E-state index is 13.6. The van der Waals surface area contributed by atoms with Crippen molar-refractivity contribution in [2.45, 2.75) is 88.9 Å². The third-order valence-electron chi connectivity index (χ3n) is 10.8. The van der Waals surface area contributed by atoms with Gasteiger partial charge in [0, 0.05) is 37.6 Å². The van der Waals surface area contributed by atoms with Crippen molar-refractivity contribution >= 4 is 21.8 Å². The molecule has 0 N–H and O–H groups in total. The lowest BCUT2D eigenvalue weighted by Gasteiger charge is -2.37. The van der Waals surface area contributed by atoms with Crippen molar-refractivity contribution in [1.82, 2.24) is 9.80 Å². The molecule has 0 unspecified atom stereocenters. The van der Waals surface area contributed by atoms with Gasteiger partial charge in [0.2, 0.25) is 9.84 Å². The summed E-state index contributed by atoms with van der Waals surface area (Å²) < 4.78 is 38.2. The largest absolute Gasteiger partial charge is 0.431 e. The molecule has 57 heavy (non-hydrogen) atoms. The van der Waals surface area contributed by atoms with E-state index in [0.29, 0.717) is 48.1 Å². The summed E-state index contributed by atoms with van der Waals surface area (Å²) in [7, 11) is -4.07. The van der Waals surface area contributed by atoms with Crippen LogP contribution in [-0.4, -0.2) is 56.3 Å². The van der Waals surface area contributed by atoms with E-state index < -0.39 is 21.8 Å². The van der Waals surface area contributed by atoms with Crippen molar-refractivity contribution in [2.75, 3.05) is 26.2 Å². The summed E-state index contributed by atoms with van der Waals surface area (Å²) in [6, 6.07) is 14.6. The molecule has 2 saturated heterocycles. The second-order valence-electron chi connectivity index (χ2n) is 16.4. The van der Waals surface area contributed by atoms with Gasteiger partial charge in [0.05, 0.1) is 28.5 Å². The maximum absolute atomic E-state index is 13.6. The molecule has 2 aliphatic heterocycles. The van der Waals surface area contributed by atoms with Crippen molar-refractivity contribution in [2.24, 2.45) is 10.8 Å². The molecule has 4 aliphatic rings. The quantitative estimate of drug-likeness (QED) is 0.0846. The van der Waals surface area contributed by atoms with E-state index in [4.69, 9.17) is 22.6 Å². The van der Waals surface area contributed by atoms with Crippen molar-refractivity contribution in [3.8, 4) is 23.6 Å².